The summed E-state index contributed by atoms with van der Waals surface area (Å²) < 4.78 is 0. The molecule has 1 unspecified atom stereocenters. The van der Waals surface area contributed by atoms with Gasteiger partial charge < -0.3 is 5.11 Å². The van der Waals surface area contributed by atoms with Gasteiger partial charge in [0.2, 0.25) is 0 Å². The van der Waals surface area contributed by atoms with Gasteiger partial charge in [-0.1, -0.05) is 51.1 Å². The van der Waals surface area contributed by atoms with Crippen molar-refractivity contribution in [2.75, 3.05) is 0 Å². The van der Waals surface area contributed by atoms with Gasteiger partial charge in [0.25, 0.3) is 0 Å². The Hall–Kier alpha value is -1.12. The van der Waals surface area contributed by atoms with Crippen molar-refractivity contribution in [1.29, 1.82) is 0 Å². The van der Waals surface area contributed by atoms with Crippen LogP contribution >= 0.6 is 11.3 Å². The molecular formula is C17H22OS. The SMILES string of the molecule is CCc1ccc(CC(O)C(C)(C)c2ccccc2)s1. The second-order valence-corrected chi connectivity index (χ2v) is 6.78. The minimum Gasteiger partial charge on any atom is -0.392 e. The van der Waals surface area contributed by atoms with Crippen LogP contribution < -0.4 is 0 Å². The van der Waals surface area contributed by atoms with E-state index in [-0.39, 0.29) is 11.5 Å². The molecule has 0 aliphatic carbocycles. The molecule has 0 spiro atoms. The topological polar surface area (TPSA) is 20.2 Å². The second-order valence-electron chi connectivity index (χ2n) is 5.53. The Balaban J connectivity index is 2.12. The van der Waals surface area contributed by atoms with Crippen LogP contribution in [-0.2, 0) is 18.3 Å². The van der Waals surface area contributed by atoms with E-state index in [9.17, 15) is 5.11 Å². The molecule has 0 radical (unpaired) electrons. The molecule has 1 atom stereocenters. The summed E-state index contributed by atoms with van der Waals surface area (Å²) in [6, 6.07) is 14.6. The molecule has 19 heavy (non-hydrogen) atoms. The number of benzene rings is 1. The lowest BCUT2D eigenvalue weighted by Gasteiger charge is -2.31. The predicted molar refractivity (Wildman–Crippen MR) is 82.9 cm³/mol. The molecule has 0 aliphatic heterocycles. The highest BCUT2D eigenvalue weighted by Gasteiger charge is 2.29. The molecule has 2 aromatic rings. The summed E-state index contributed by atoms with van der Waals surface area (Å²) in [4.78, 5) is 2.66. The zero-order valence-electron chi connectivity index (χ0n) is 11.9. The lowest BCUT2D eigenvalue weighted by molar-refractivity contribution is 0.101. The standard InChI is InChI=1S/C17H22OS/c1-4-14-10-11-15(19-14)12-16(18)17(2,3)13-8-6-5-7-9-13/h5-11,16,18H,4,12H2,1-3H3. The summed E-state index contributed by atoms with van der Waals surface area (Å²) in [5, 5.41) is 10.6. The zero-order valence-corrected chi connectivity index (χ0v) is 12.7. The van der Waals surface area contributed by atoms with Crippen molar-refractivity contribution in [2.24, 2.45) is 0 Å². The number of thiophene rings is 1. The molecule has 0 saturated carbocycles. The molecule has 1 aromatic carbocycles. The van der Waals surface area contributed by atoms with E-state index in [2.05, 4.69) is 45.0 Å². The summed E-state index contributed by atoms with van der Waals surface area (Å²) in [5.41, 5.74) is 0.965. The number of aliphatic hydroxyl groups excluding tert-OH is 1. The molecule has 2 heteroatoms. The third-order valence-electron chi connectivity index (χ3n) is 3.81. The minimum absolute atomic E-state index is 0.225. The Bertz CT molecular complexity index is 513. The number of hydrogen-bond donors (Lipinski definition) is 1. The average molecular weight is 274 g/mol. The van der Waals surface area contributed by atoms with Crippen molar-refractivity contribution in [1.82, 2.24) is 0 Å². The maximum Gasteiger partial charge on any atom is 0.0679 e. The Morgan fingerprint density at radius 2 is 1.68 bits per heavy atom. The van der Waals surface area contributed by atoms with Crippen molar-refractivity contribution in [3.8, 4) is 0 Å². The molecule has 0 saturated heterocycles. The lowest BCUT2D eigenvalue weighted by Crippen LogP contribution is -2.35. The predicted octanol–water partition coefficient (Wildman–Crippen LogP) is 4.19. The van der Waals surface area contributed by atoms with E-state index in [1.165, 1.54) is 15.3 Å². The van der Waals surface area contributed by atoms with Crippen molar-refractivity contribution < 1.29 is 5.11 Å². The van der Waals surface area contributed by atoms with Crippen LogP contribution in [0.3, 0.4) is 0 Å². The van der Waals surface area contributed by atoms with Gasteiger partial charge in [0.05, 0.1) is 6.10 Å². The van der Waals surface area contributed by atoms with E-state index in [1.54, 1.807) is 0 Å². The Morgan fingerprint density at radius 3 is 2.26 bits per heavy atom. The zero-order chi connectivity index (χ0) is 13.9. The van der Waals surface area contributed by atoms with Gasteiger partial charge in [-0.15, -0.1) is 11.3 Å². The summed E-state index contributed by atoms with van der Waals surface area (Å²) in [5.74, 6) is 0. The Morgan fingerprint density at radius 1 is 1.05 bits per heavy atom. The molecular weight excluding hydrogens is 252 g/mol. The Labute approximate surface area is 119 Å². The molecule has 1 aromatic heterocycles. The van der Waals surface area contributed by atoms with Crippen LogP contribution in [0, 0.1) is 0 Å². The summed E-state index contributed by atoms with van der Waals surface area (Å²) in [7, 11) is 0. The summed E-state index contributed by atoms with van der Waals surface area (Å²) in [6.45, 7) is 6.39. The largest absolute Gasteiger partial charge is 0.392 e. The third kappa shape index (κ3) is 3.26. The van der Waals surface area contributed by atoms with Crippen LogP contribution in [-0.4, -0.2) is 11.2 Å². The number of aryl methyl sites for hydroxylation is 1. The highest BCUT2D eigenvalue weighted by molar-refractivity contribution is 7.11. The van der Waals surface area contributed by atoms with Crippen LogP contribution in [0.1, 0.15) is 36.1 Å². The summed E-state index contributed by atoms with van der Waals surface area (Å²) >= 11 is 1.81. The molecule has 0 amide bonds. The molecule has 2 rings (SSSR count). The van der Waals surface area contributed by atoms with Crippen LogP contribution in [0.15, 0.2) is 42.5 Å². The first kappa shape index (κ1) is 14.3. The normalized spacial score (nSPS) is 13.5. The maximum absolute atomic E-state index is 10.6. The van der Waals surface area contributed by atoms with E-state index in [1.807, 2.05) is 29.5 Å². The van der Waals surface area contributed by atoms with Crippen molar-refractivity contribution in [3.63, 3.8) is 0 Å². The molecule has 1 heterocycles. The van der Waals surface area contributed by atoms with E-state index in [4.69, 9.17) is 0 Å². The molecule has 0 fully saturated rings. The molecule has 0 bridgehead atoms. The molecule has 1 nitrogen and oxygen atoms in total. The first-order valence-corrected chi connectivity index (χ1v) is 7.67. The van der Waals surface area contributed by atoms with Crippen molar-refractivity contribution in [3.05, 3.63) is 57.8 Å². The minimum atomic E-state index is -0.363. The average Bonchev–Trinajstić information content (AvgIpc) is 2.87. The van der Waals surface area contributed by atoms with E-state index in [0.29, 0.717) is 0 Å². The van der Waals surface area contributed by atoms with Crippen LogP contribution in [0.2, 0.25) is 0 Å². The first-order valence-electron chi connectivity index (χ1n) is 6.85. The molecule has 1 N–H and O–H groups in total. The molecule has 0 aliphatic rings. The quantitative estimate of drug-likeness (QED) is 0.866. The van der Waals surface area contributed by atoms with Gasteiger partial charge in [0.1, 0.15) is 0 Å². The van der Waals surface area contributed by atoms with Gasteiger partial charge in [0.15, 0.2) is 0 Å². The van der Waals surface area contributed by atoms with Crippen molar-refractivity contribution in [2.45, 2.75) is 45.1 Å². The van der Waals surface area contributed by atoms with Crippen LogP contribution in [0.25, 0.3) is 0 Å². The fraction of sp³-hybridized carbons (Fsp3) is 0.412. The highest BCUT2D eigenvalue weighted by atomic mass is 32.1. The second kappa shape index (κ2) is 5.89. The first-order chi connectivity index (χ1) is 9.04. The highest BCUT2D eigenvalue weighted by Crippen LogP contribution is 2.30. The monoisotopic (exact) mass is 274 g/mol. The van der Waals surface area contributed by atoms with Crippen LogP contribution in [0.4, 0.5) is 0 Å². The summed E-state index contributed by atoms with van der Waals surface area (Å²) in [6.07, 6.45) is 1.44. The van der Waals surface area contributed by atoms with E-state index in [0.717, 1.165) is 12.8 Å². The molecule has 102 valence electrons. The fourth-order valence-corrected chi connectivity index (χ4v) is 3.22. The number of aliphatic hydroxyl groups is 1. The third-order valence-corrected chi connectivity index (χ3v) is 5.06. The van der Waals surface area contributed by atoms with Gasteiger partial charge in [-0.05, 0) is 24.1 Å². The number of hydrogen-bond acceptors (Lipinski definition) is 2. The van der Waals surface area contributed by atoms with Gasteiger partial charge in [-0.3, -0.25) is 0 Å². The van der Waals surface area contributed by atoms with E-state index >= 15 is 0 Å². The smallest absolute Gasteiger partial charge is 0.0679 e. The van der Waals surface area contributed by atoms with Gasteiger partial charge in [-0.2, -0.15) is 0 Å². The fourth-order valence-electron chi connectivity index (χ4n) is 2.23. The van der Waals surface area contributed by atoms with Crippen LogP contribution in [0.5, 0.6) is 0 Å². The maximum atomic E-state index is 10.6. The van der Waals surface area contributed by atoms with Crippen molar-refractivity contribution >= 4 is 11.3 Å². The van der Waals surface area contributed by atoms with E-state index < -0.39 is 0 Å². The Kier molecular flexibility index (Phi) is 4.43. The van der Waals surface area contributed by atoms with Gasteiger partial charge in [-0.25, -0.2) is 0 Å². The lowest BCUT2D eigenvalue weighted by atomic mass is 9.78. The number of rotatable bonds is 5. The van der Waals surface area contributed by atoms with Gasteiger partial charge >= 0.3 is 0 Å². The van der Waals surface area contributed by atoms with Gasteiger partial charge in [0, 0.05) is 21.6 Å².